The molecule has 2 N–H and O–H groups in total. The number of carbonyl (C=O) groups is 1. The first-order chi connectivity index (χ1) is 7.47. The number of benzene rings is 1. The van der Waals surface area contributed by atoms with Crippen LogP contribution in [0, 0.1) is 15.9 Å². The summed E-state index contributed by atoms with van der Waals surface area (Å²) in [6, 6.07) is 1.49. The zero-order valence-electron chi connectivity index (χ0n) is 8.75. The Bertz CT molecular complexity index is 441. The molecule has 0 aliphatic rings. The van der Waals surface area contributed by atoms with Gasteiger partial charge in [0.1, 0.15) is 11.9 Å². The maximum absolute atomic E-state index is 12.8. The molecule has 1 atom stereocenters. The van der Waals surface area contributed by atoms with E-state index in [0.717, 1.165) is 19.2 Å². The number of hydrogen-bond acceptors (Lipinski definition) is 5. The van der Waals surface area contributed by atoms with E-state index in [4.69, 9.17) is 5.73 Å². The monoisotopic (exact) mass is 264 g/mol. The quantitative estimate of drug-likeness (QED) is 0.505. The van der Waals surface area contributed by atoms with Gasteiger partial charge in [-0.1, -0.05) is 0 Å². The highest BCUT2D eigenvalue weighted by atomic mass is 35.5. The van der Waals surface area contributed by atoms with Gasteiger partial charge in [-0.2, -0.15) is 0 Å². The third kappa shape index (κ3) is 3.36. The van der Waals surface area contributed by atoms with E-state index in [2.05, 4.69) is 4.74 Å². The van der Waals surface area contributed by atoms with Crippen LogP contribution in [0.25, 0.3) is 0 Å². The van der Waals surface area contributed by atoms with E-state index in [1.807, 2.05) is 0 Å². The number of nitrogens with two attached hydrogens (primary N) is 1. The molecule has 94 valence electrons. The average Bonchev–Trinajstić information content (AvgIpc) is 2.26. The van der Waals surface area contributed by atoms with Crippen molar-refractivity contribution in [2.75, 3.05) is 7.11 Å². The fraction of sp³-hybridized carbons (Fsp3) is 0.222. The van der Waals surface area contributed by atoms with Crippen molar-refractivity contribution in [3.63, 3.8) is 0 Å². The van der Waals surface area contributed by atoms with Crippen LogP contribution in [-0.2, 0) is 9.53 Å². The molecule has 0 aliphatic heterocycles. The summed E-state index contributed by atoms with van der Waals surface area (Å²) in [6.45, 7) is 0. The van der Waals surface area contributed by atoms with Crippen molar-refractivity contribution < 1.29 is 18.8 Å². The second-order valence-electron chi connectivity index (χ2n) is 2.96. The number of esters is 1. The molecule has 0 unspecified atom stereocenters. The highest BCUT2D eigenvalue weighted by Crippen LogP contribution is 2.25. The third-order valence-corrected chi connectivity index (χ3v) is 1.98. The lowest BCUT2D eigenvalue weighted by Gasteiger charge is -2.09. The first kappa shape index (κ1) is 15.3. The number of nitrogens with zero attached hydrogens (tertiary/aromatic N) is 1. The summed E-state index contributed by atoms with van der Waals surface area (Å²) in [5.41, 5.74) is 4.81. The van der Waals surface area contributed by atoms with Crippen molar-refractivity contribution in [1.82, 2.24) is 0 Å². The number of ether oxygens (including phenoxy) is 1. The maximum Gasteiger partial charge on any atom is 0.327 e. The molecular weight excluding hydrogens is 255 g/mol. The lowest BCUT2D eigenvalue weighted by molar-refractivity contribution is -0.385. The van der Waals surface area contributed by atoms with Crippen LogP contribution in [0.3, 0.4) is 0 Å². The van der Waals surface area contributed by atoms with Crippen LogP contribution in [0.5, 0.6) is 0 Å². The molecule has 0 fully saturated rings. The molecule has 0 heterocycles. The Kier molecular flexibility index (Phi) is 5.49. The van der Waals surface area contributed by atoms with Crippen molar-refractivity contribution in [2.24, 2.45) is 5.73 Å². The molecule has 0 aromatic heterocycles. The van der Waals surface area contributed by atoms with E-state index in [1.165, 1.54) is 0 Å². The fourth-order valence-electron chi connectivity index (χ4n) is 1.19. The van der Waals surface area contributed by atoms with E-state index in [9.17, 15) is 19.3 Å². The molecule has 1 aromatic rings. The van der Waals surface area contributed by atoms with Gasteiger partial charge in [0.15, 0.2) is 0 Å². The molecule has 0 amide bonds. The minimum Gasteiger partial charge on any atom is -0.468 e. The van der Waals surface area contributed by atoms with Gasteiger partial charge in [0, 0.05) is 0 Å². The normalized spacial score (nSPS) is 11.2. The predicted molar refractivity (Wildman–Crippen MR) is 59.2 cm³/mol. The van der Waals surface area contributed by atoms with Crippen LogP contribution < -0.4 is 5.73 Å². The Balaban J connectivity index is 0.00000256. The maximum atomic E-state index is 12.8. The minimum atomic E-state index is -1.30. The zero-order chi connectivity index (χ0) is 12.3. The molecule has 0 radical (unpaired) electrons. The van der Waals surface area contributed by atoms with Crippen LogP contribution >= 0.6 is 12.4 Å². The smallest absolute Gasteiger partial charge is 0.327 e. The molecular formula is C9H10ClFN2O4. The SMILES string of the molecule is COC(=O)[C@H](N)c1ccc(F)cc1[N+](=O)[O-].Cl. The first-order valence-electron chi connectivity index (χ1n) is 4.24. The van der Waals surface area contributed by atoms with Gasteiger partial charge in [-0.15, -0.1) is 12.4 Å². The van der Waals surface area contributed by atoms with Crippen molar-refractivity contribution >= 4 is 24.1 Å². The van der Waals surface area contributed by atoms with Crippen LogP contribution in [-0.4, -0.2) is 18.0 Å². The van der Waals surface area contributed by atoms with Crippen LogP contribution in [0.4, 0.5) is 10.1 Å². The topological polar surface area (TPSA) is 95.5 Å². The van der Waals surface area contributed by atoms with Gasteiger partial charge >= 0.3 is 5.97 Å². The van der Waals surface area contributed by atoms with Crippen molar-refractivity contribution in [3.05, 3.63) is 39.7 Å². The summed E-state index contributed by atoms with van der Waals surface area (Å²) in [6.07, 6.45) is 0. The highest BCUT2D eigenvalue weighted by Gasteiger charge is 2.25. The van der Waals surface area contributed by atoms with Crippen LogP contribution in [0.15, 0.2) is 18.2 Å². The van der Waals surface area contributed by atoms with Gasteiger partial charge in [0.05, 0.1) is 23.7 Å². The number of methoxy groups -OCH3 is 1. The summed E-state index contributed by atoms with van der Waals surface area (Å²) in [7, 11) is 1.11. The summed E-state index contributed by atoms with van der Waals surface area (Å²) in [5.74, 6) is -1.60. The van der Waals surface area contributed by atoms with Gasteiger partial charge in [-0.3, -0.25) is 10.1 Å². The van der Waals surface area contributed by atoms with E-state index in [0.29, 0.717) is 6.07 Å². The molecule has 1 rings (SSSR count). The Labute approximate surface area is 102 Å². The fourth-order valence-corrected chi connectivity index (χ4v) is 1.19. The van der Waals surface area contributed by atoms with Gasteiger partial charge in [0.2, 0.25) is 0 Å². The minimum absolute atomic E-state index is 0. The number of hydrogen-bond donors (Lipinski definition) is 1. The predicted octanol–water partition coefficient (Wildman–Crippen LogP) is 1.33. The van der Waals surface area contributed by atoms with Crippen LogP contribution in [0.1, 0.15) is 11.6 Å². The summed E-state index contributed by atoms with van der Waals surface area (Å²) in [4.78, 5) is 20.9. The van der Waals surface area contributed by atoms with Gasteiger partial charge in [-0.25, -0.2) is 9.18 Å². The third-order valence-electron chi connectivity index (χ3n) is 1.98. The standard InChI is InChI=1S/C9H9FN2O4.ClH/c1-16-9(13)8(11)6-3-2-5(10)4-7(6)12(14)15;/h2-4,8H,11H2,1H3;1H/t8-;/m1./s1. The second-order valence-corrected chi connectivity index (χ2v) is 2.96. The molecule has 0 aliphatic carbocycles. The molecule has 0 saturated carbocycles. The van der Waals surface area contributed by atoms with E-state index >= 15 is 0 Å². The number of carbonyl (C=O) groups excluding carboxylic acids is 1. The summed E-state index contributed by atoms with van der Waals surface area (Å²) < 4.78 is 17.1. The van der Waals surface area contributed by atoms with Gasteiger partial charge in [-0.05, 0) is 12.1 Å². The zero-order valence-corrected chi connectivity index (χ0v) is 9.57. The van der Waals surface area contributed by atoms with E-state index < -0.39 is 28.4 Å². The lowest BCUT2D eigenvalue weighted by atomic mass is 10.1. The second kappa shape index (κ2) is 6.12. The largest absolute Gasteiger partial charge is 0.468 e. The number of nitro groups is 1. The molecule has 6 nitrogen and oxygen atoms in total. The number of nitro benzene ring substituents is 1. The Hall–Kier alpha value is -1.73. The first-order valence-corrected chi connectivity index (χ1v) is 4.24. The average molecular weight is 265 g/mol. The van der Waals surface area contributed by atoms with Crippen molar-refractivity contribution in [1.29, 1.82) is 0 Å². The van der Waals surface area contributed by atoms with E-state index in [1.54, 1.807) is 0 Å². The van der Waals surface area contributed by atoms with E-state index in [-0.39, 0.29) is 18.0 Å². The molecule has 0 spiro atoms. The highest BCUT2D eigenvalue weighted by molar-refractivity contribution is 5.85. The molecule has 8 heteroatoms. The summed E-state index contributed by atoms with van der Waals surface area (Å²) in [5, 5.41) is 10.6. The molecule has 0 saturated heterocycles. The van der Waals surface area contributed by atoms with Gasteiger partial charge < -0.3 is 10.5 Å². The number of halogens is 2. The van der Waals surface area contributed by atoms with Gasteiger partial charge in [0.25, 0.3) is 5.69 Å². The van der Waals surface area contributed by atoms with Crippen LogP contribution in [0.2, 0.25) is 0 Å². The Morgan fingerprint density at radius 1 is 1.59 bits per heavy atom. The summed E-state index contributed by atoms with van der Waals surface area (Å²) >= 11 is 0. The number of rotatable bonds is 3. The Morgan fingerprint density at radius 2 is 2.18 bits per heavy atom. The molecule has 17 heavy (non-hydrogen) atoms. The molecule has 1 aromatic carbocycles. The lowest BCUT2D eigenvalue weighted by Crippen LogP contribution is -2.23. The molecule has 0 bridgehead atoms. The Morgan fingerprint density at radius 3 is 2.65 bits per heavy atom. The van der Waals surface area contributed by atoms with Crippen molar-refractivity contribution in [3.8, 4) is 0 Å². The van der Waals surface area contributed by atoms with Crippen molar-refractivity contribution in [2.45, 2.75) is 6.04 Å².